The van der Waals surface area contributed by atoms with Gasteiger partial charge in [0.25, 0.3) is 0 Å². The minimum Gasteiger partial charge on any atom is -1.00 e. The van der Waals surface area contributed by atoms with E-state index in [0.717, 1.165) is 26.2 Å². The van der Waals surface area contributed by atoms with Crippen LogP contribution >= 0.6 is 0 Å². The van der Waals surface area contributed by atoms with Crippen molar-refractivity contribution >= 4 is 54.6 Å². The number of aliphatic hydroxyl groups is 1. The van der Waals surface area contributed by atoms with Gasteiger partial charge in [0, 0.05) is 51.2 Å². The second kappa shape index (κ2) is 20.5. The Kier molecular flexibility index (Phi) is 17.9. The molecule has 0 amide bonds. The number of nitrogens with zero attached hydrogens (tertiary/aromatic N) is 2. The van der Waals surface area contributed by atoms with E-state index in [4.69, 9.17) is 5.11 Å². The number of anilines is 2. The van der Waals surface area contributed by atoms with Gasteiger partial charge in [0.05, 0.1) is 12.4 Å². The summed E-state index contributed by atoms with van der Waals surface area (Å²) >= 11 is 0. The predicted molar refractivity (Wildman–Crippen MR) is 231 cm³/mol. The van der Waals surface area contributed by atoms with Crippen LogP contribution in [0.4, 0.5) is 11.4 Å². The van der Waals surface area contributed by atoms with Crippen molar-refractivity contribution in [2.45, 2.75) is 96.8 Å². The molecule has 4 unspecified atom stereocenters. The van der Waals surface area contributed by atoms with Crippen molar-refractivity contribution in [2.75, 3.05) is 66.8 Å². The van der Waals surface area contributed by atoms with E-state index in [1.54, 1.807) is 12.1 Å². The van der Waals surface area contributed by atoms with E-state index < -0.39 is 25.8 Å². The molecule has 3 N–H and O–H groups in total. The Morgan fingerprint density at radius 3 is 1.51 bits per heavy atom. The molecule has 14 heteroatoms. The van der Waals surface area contributed by atoms with Gasteiger partial charge in [-0.2, -0.15) is 0 Å². The minimum absolute atomic E-state index is 0. The fraction of sp³-hybridized carbons (Fsp3) is 0.683. The standard InChI is InChI=1S/C21H32N2O3S.C20H32N2O3S.Al.Li.2H2.4H/c1-4-5-6-7-11-23-13-19-20(14-23)21(19,3)17-9-8-10-18(12-17)22-27(25,26)15-16(2)24;1-3-4-5-6-10-22-14-18-19(15-22)20(18,2)16-8-7-9-17(13-16)21-26(24,25)12-11-23;;;;;;;;/h8-10,12,19-20,22H,4-7,11,13-15H2,1-3H3;7-9,13,18-19,21,23H,3-6,10-12,14-15H2,1-2H3;;;2*1H;;;;/q;;;+1;;;;;;-1. The third-order valence-corrected chi connectivity index (χ3v) is 15.2. The molecule has 2 aromatic rings. The number of sulfonamides is 2. The van der Waals surface area contributed by atoms with Gasteiger partial charge < -0.3 is 16.3 Å². The number of rotatable bonds is 20. The summed E-state index contributed by atoms with van der Waals surface area (Å²) in [6.07, 6.45) is 10.4. The molecule has 2 aliphatic heterocycles. The van der Waals surface area contributed by atoms with Crippen LogP contribution in [-0.2, 0) is 35.7 Å². The number of ketones is 1. The topological polar surface area (TPSA) is 136 Å². The van der Waals surface area contributed by atoms with Gasteiger partial charge in [-0.1, -0.05) is 90.5 Å². The van der Waals surface area contributed by atoms with Crippen molar-refractivity contribution in [3.8, 4) is 0 Å². The maximum Gasteiger partial charge on any atom is 1.00 e. The number of benzene rings is 2. The number of hydrogen-bond donors (Lipinski definition) is 3. The van der Waals surface area contributed by atoms with E-state index in [1.165, 1.54) is 82.5 Å². The number of fused-ring (bicyclic) bond motifs is 2. The molecule has 0 spiro atoms. The third-order valence-electron chi connectivity index (χ3n) is 12.6. The van der Waals surface area contributed by atoms with Crippen LogP contribution in [-0.4, -0.2) is 112 Å². The van der Waals surface area contributed by atoms with Gasteiger partial charge in [-0.3, -0.25) is 14.2 Å². The molecule has 0 bridgehead atoms. The van der Waals surface area contributed by atoms with Gasteiger partial charge in [-0.15, -0.1) is 0 Å². The van der Waals surface area contributed by atoms with E-state index in [2.05, 4.69) is 59.1 Å². The van der Waals surface area contributed by atoms with Crippen LogP contribution in [0.25, 0.3) is 0 Å². The van der Waals surface area contributed by atoms with Crippen LogP contribution in [0.2, 0.25) is 0 Å². The molecule has 55 heavy (non-hydrogen) atoms. The normalized spacial score (nSPS) is 26.7. The Labute approximate surface area is 359 Å². The second-order valence-corrected chi connectivity index (χ2v) is 20.1. The molecule has 2 heterocycles. The van der Waals surface area contributed by atoms with E-state index in [1.807, 2.05) is 24.3 Å². The van der Waals surface area contributed by atoms with Crippen LogP contribution in [0, 0.1) is 23.7 Å². The summed E-state index contributed by atoms with van der Waals surface area (Å²) in [4.78, 5) is 16.3. The first-order valence-corrected chi connectivity index (χ1v) is 23.2. The monoisotopic (exact) mass is 814 g/mol. The van der Waals surface area contributed by atoms with E-state index in [9.17, 15) is 21.6 Å². The van der Waals surface area contributed by atoms with Crippen molar-refractivity contribution < 1.29 is 49.9 Å². The number of hydrogen-bond acceptors (Lipinski definition) is 8. The zero-order chi connectivity index (χ0) is 38.4. The summed E-state index contributed by atoms with van der Waals surface area (Å²) < 4.78 is 53.0. The maximum atomic E-state index is 12.0. The second-order valence-electron chi connectivity index (χ2n) is 16.5. The third kappa shape index (κ3) is 12.1. The molecule has 4 fully saturated rings. The predicted octanol–water partition coefficient (Wildman–Crippen LogP) is 2.66. The zero-order valence-corrected chi connectivity index (χ0v) is 35.3. The molecular weight excluding hydrogens is 743 g/mol. The summed E-state index contributed by atoms with van der Waals surface area (Å²) in [5.41, 5.74) is 3.88. The van der Waals surface area contributed by atoms with Gasteiger partial charge in [0.15, 0.2) is 17.4 Å². The molecule has 0 radical (unpaired) electrons. The number of carbonyl (C=O) groups excluding carboxylic acids is 1. The Bertz CT molecular complexity index is 1770. The van der Waals surface area contributed by atoms with Crippen molar-refractivity contribution in [3.63, 3.8) is 0 Å². The summed E-state index contributed by atoms with van der Waals surface area (Å²) in [5, 5.41) is 8.88. The number of carbonyl (C=O) groups is 1. The van der Waals surface area contributed by atoms with Crippen molar-refractivity contribution in [1.29, 1.82) is 0 Å². The summed E-state index contributed by atoms with van der Waals surface area (Å²) in [6, 6.07) is 15.5. The van der Waals surface area contributed by atoms with E-state index >= 15 is 0 Å². The van der Waals surface area contributed by atoms with Crippen LogP contribution in [0.15, 0.2) is 48.5 Å². The van der Waals surface area contributed by atoms with Gasteiger partial charge in [-0.25, -0.2) is 16.8 Å². The van der Waals surface area contributed by atoms with Gasteiger partial charge in [0.2, 0.25) is 20.0 Å². The zero-order valence-electron chi connectivity index (χ0n) is 34.6. The van der Waals surface area contributed by atoms with E-state index in [-0.39, 0.29) is 69.5 Å². The van der Waals surface area contributed by atoms with Crippen molar-refractivity contribution in [2.24, 2.45) is 23.7 Å². The Balaban J connectivity index is 0.00000103. The number of unbranched alkanes of at least 4 members (excludes halogenated alkanes) is 6. The summed E-state index contributed by atoms with van der Waals surface area (Å²) in [7, 11) is -7.10. The fourth-order valence-electron chi connectivity index (χ4n) is 9.34. The van der Waals surface area contributed by atoms with Crippen LogP contribution in [0.3, 0.4) is 0 Å². The maximum absolute atomic E-state index is 12.0. The number of aliphatic hydroxyl groups excluding tert-OH is 1. The molecule has 2 saturated carbocycles. The molecule has 6 rings (SSSR count). The molecule has 2 saturated heterocycles. The Morgan fingerprint density at radius 2 is 1.15 bits per heavy atom. The number of likely N-dealkylation sites (tertiary alicyclic amines) is 2. The average molecular weight is 815 g/mol. The van der Waals surface area contributed by atoms with Crippen molar-refractivity contribution in [3.05, 3.63) is 59.7 Å². The fourth-order valence-corrected chi connectivity index (χ4v) is 11.3. The number of Topliss-reactive ketones (excluding diaryl/α,β-unsaturated/α-hetero) is 1. The largest absolute Gasteiger partial charge is 1.00 e. The average Bonchev–Trinajstić information content (AvgIpc) is 3.57. The molecule has 10 nitrogen and oxygen atoms in total. The van der Waals surface area contributed by atoms with Crippen LogP contribution in [0.5, 0.6) is 0 Å². The van der Waals surface area contributed by atoms with Crippen LogP contribution in [0.1, 0.15) is 101 Å². The van der Waals surface area contributed by atoms with Crippen molar-refractivity contribution in [1.82, 2.24) is 9.80 Å². The molecule has 4 atom stereocenters. The van der Waals surface area contributed by atoms with Gasteiger partial charge in [-0.05, 0) is 91.9 Å². The molecule has 2 aromatic carbocycles. The SMILES string of the molecule is CCCCCCN1CC2C(C1)C2(C)c1cccc(NS(=O)(=O)CC(C)=O)c1.CCCCCCN1CC2C(C1)C2(C)c1cccc(NS(=O)(=O)CCO)c1.[AlH3].[H-].[HH].[HH].[Li+]. The Hall–Kier alpha value is -1.38. The molecule has 0 aromatic heterocycles. The molecule has 308 valence electrons. The smallest absolute Gasteiger partial charge is 1.00 e. The minimum atomic E-state index is -3.63. The summed E-state index contributed by atoms with van der Waals surface area (Å²) in [5.74, 6) is 1.57. The van der Waals surface area contributed by atoms with Gasteiger partial charge >= 0.3 is 18.9 Å². The summed E-state index contributed by atoms with van der Waals surface area (Å²) in [6.45, 7) is 17.1. The molecule has 4 aliphatic rings. The number of nitrogens with one attached hydrogen (secondary N) is 2. The first-order chi connectivity index (χ1) is 25.2. The van der Waals surface area contributed by atoms with Crippen LogP contribution < -0.4 is 28.3 Å². The first-order valence-electron chi connectivity index (χ1n) is 19.9. The Morgan fingerprint density at radius 1 is 0.745 bits per heavy atom. The molecule has 2 aliphatic carbocycles. The quantitative estimate of drug-likeness (QED) is 0.137. The van der Waals surface area contributed by atoms with E-state index in [0.29, 0.717) is 35.0 Å². The number of piperidine rings is 2. The molecular formula is C41H72AlLiN4O6S2. The first kappa shape index (κ1) is 48.0. The van der Waals surface area contributed by atoms with Gasteiger partial charge in [0.1, 0.15) is 11.5 Å².